The maximum Gasteiger partial charge on any atom is 0.243 e. The number of sulfonamides is 1. The Bertz CT molecular complexity index is 1220. The molecule has 4 rings (SSSR count). The van der Waals surface area contributed by atoms with Crippen molar-refractivity contribution in [3.63, 3.8) is 0 Å². The van der Waals surface area contributed by atoms with E-state index in [1.54, 1.807) is 20.0 Å². The van der Waals surface area contributed by atoms with E-state index in [4.69, 9.17) is 4.74 Å². The highest BCUT2D eigenvalue weighted by atomic mass is 32.2. The van der Waals surface area contributed by atoms with Crippen molar-refractivity contribution in [3.05, 3.63) is 60.3 Å². The predicted molar refractivity (Wildman–Crippen MR) is 123 cm³/mol. The van der Waals surface area contributed by atoms with Gasteiger partial charge in [-0.25, -0.2) is 27.8 Å². The first-order valence-electron chi connectivity index (χ1n) is 10.6. The van der Waals surface area contributed by atoms with Crippen LogP contribution in [0.4, 0.5) is 21.8 Å². The van der Waals surface area contributed by atoms with Crippen LogP contribution in [0.25, 0.3) is 0 Å². The zero-order valence-corrected chi connectivity index (χ0v) is 19.2. The summed E-state index contributed by atoms with van der Waals surface area (Å²) in [5, 5.41) is 3.16. The Hall–Kier alpha value is -3.31. The maximum absolute atomic E-state index is 14.2. The number of halogens is 1. The molecule has 3 heterocycles. The summed E-state index contributed by atoms with van der Waals surface area (Å²) in [5.74, 6) is 1.91. The lowest BCUT2D eigenvalue weighted by Gasteiger charge is -2.34. The Balaban J connectivity index is 1.46. The summed E-state index contributed by atoms with van der Waals surface area (Å²) >= 11 is 0. The van der Waals surface area contributed by atoms with Crippen molar-refractivity contribution in [2.24, 2.45) is 0 Å². The first kappa shape index (κ1) is 22.9. The Morgan fingerprint density at radius 2 is 1.85 bits per heavy atom. The van der Waals surface area contributed by atoms with Crippen molar-refractivity contribution in [2.75, 3.05) is 43.0 Å². The number of nitrogens with zero attached hydrogens (tertiary/aromatic N) is 5. The van der Waals surface area contributed by atoms with E-state index in [1.807, 2.05) is 29.2 Å². The second kappa shape index (κ2) is 9.67. The zero-order chi connectivity index (χ0) is 23.4. The van der Waals surface area contributed by atoms with Gasteiger partial charge in [-0.1, -0.05) is 6.07 Å². The first-order chi connectivity index (χ1) is 15.9. The summed E-state index contributed by atoms with van der Waals surface area (Å²) < 4.78 is 46.8. The summed E-state index contributed by atoms with van der Waals surface area (Å²) in [6, 6.07) is 11.1. The van der Waals surface area contributed by atoms with Crippen LogP contribution >= 0.6 is 0 Å². The molecule has 1 aliphatic heterocycles. The molecule has 1 N–H and O–H groups in total. The van der Waals surface area contributed by atoms with Crippen LogP contribution in [0.2, 0.25) is 0 Å². The normalized spacial score (nSPS) is 14.8. The molecule has 0 atom stereocenters. The molecule has 0 radical (unpaired) electrons. The fraction of sp³-hybridized carbons (Fsp3) is 0.318. The van der Waals surface area contributed by atoms with Gasteiger partial charge in [-0.3, -0.25) is 0 Å². The number of benzene rings is 1. The van der Waals surface area contributed by atoms with E-state index < -0.39 is 15.8 Å². The largest absolute Gasteiger partial charge is 0.491 e. The summed E-state index contributed by atoms with van der Waals surface area (Å²) in [5.41, 5.74) is 0. The maximum atomic E-state index is 14.2. The molecule has 0 amide bonds. The van der Waals surface area contributed by atoms with E-state index >= 15 is 0 Å². The van der Waals surface area contributed by atoms with Gasteiger partial charge in [0, 0.05) is 38.4 Å². The van der Waals surface area contributed by atoms with Gasteiger partial charge in [0.1, 0.15) is 23.3 Å². The van der Waals surface area contributed by atoms with E-state index in [9.17, 15) is 12.8 Å². The van der Waals surface area contributed by atoms with Gasteiger partial charge in [0.25, 0.3) is 0 Å². The van der Waals surface area contributed by atoms with Crippen LogP contribution in [0.3, 0.4) is 0 Å². The number of anilines is 3. The highest BCUT2D eigenvalue weighted by Gasteiger charge is 2.30. The summed E-state index contributed by atoms with van der Waals surface area (Å²) in [4.78, 5) is 15.1. The molecule has 0 unspecified atom stereocenters. The Morgan fingerprint density at radius 1 is 1.06 bits per heavy atom. The SMILES string of the molecule is CCOc1ccc(S(=O)(=O)N2CCN(c3cc(Nc4ccccn4)nc(C)n3)CC2)cc1F. The molecule has 174 valence electrons. The molecule has 1 aromatic carbocycles. The number of hydrogen-bond donors (Lipinski definition) is 1. The monoisotopic (exact) mass is 472 g/mol. The highest BCUT2D eigenvalue weighted by Crippen LogP contribution is 2.26. The second-order valence-electron chi connectivity index (χ2n) is 7.41. The molecule has 0 aliphatic carbocycles. The van der Waals surface area contributed by atoms with E-state index in [1.165, 1.54) is 16.4 Å². The van der Waals surface area contributed by atoms with Crippen molar-refractivity contribution in [1.82, 2.24) is 19.3 Å². The van der Waals surface area contributed by atoms with Gasteiger partial charge in [-0.05, 0) is 44.2 Å². The van der Waals surface area contributed by atoms with Crippen LogP contribution in [-0.4, -0.2) is 60.5 Å². The Kier molecular flexibility index (Phi) is 6.70. The van der Waals surface area contributed by atoms with Gasteiger partial charge in [-0.2, -0.15) is 4.31 Å². The molecule has 0 bridgehead atoms. The molecule has 11 heteroatoms. The van der Waals surface area contributed by atoms with Gasteiger partial charge in [0.2, 0.25) is 10.0 Å². The quantitative estimate of drug-likeness (QED) is 0.560. The third-order valence-electron chi connectivity index (χ3n) is 5.15. The number of hydrogen-bond acceptors (Lipinski definition) is 8. The number of ether oxygens (including phenoxy) is 1. The van der Waals surface area contributed by atoms with E-state index in [-0.39, 0.29) is 23.7 Å². The number of aryl methyl sites for hydroxylation is 1. The van der Waals surface area contributed by atoms with Crippen molar-refractivity contribution in [3.8, 4) is 5.75 Å². The smallest absolute Gasteiger partial charge is 0.243 e. The van der Waals surface area contributed by atoms with Crippen LogP contribution in [0.5, 0.6) is 5.75 Å². The predicted octanol–water partition coefficient (Wildman–Crippen LogP) is 2.97. The fourth-order valence-corrected chi connectivity index (χ4v) is 5.00. The van der Waals surface area contributed by atoms with E-state index in [0.29, 0.717) is 43.0 Å². The number of rotatable bonds is 7. The molecular weight excluding hydrogens is 447 g/mol. The van der Waals surface area contributed by atoms with Crippen LogP contribution in [-0.2, 0) is 10.0 Å². The van der Waals surface area contributed by atoms with Crippen LogP contribution in [0, 0.1) is 12.7 Å². The number of aromatic nitrogens is 3. The lowest BCUT2D eigenvalue weighted by Crippen LogP contribution is -2.49. The third kappa shape index (κ3) is 5.20. The van der Waals surface area contributed by atoms with Crippen molar-refractivity contribution in [2.45, 2.75) is 18.7 Å². The Morgan fingerprint density at radius 3 is 2.52 bits per heavy atom. The molecule has 2 aromatic heterocycles. The van der Waals surface area contributed by atoms with Gasteiger partial charge < -0.3 is 15.0 Å². The molecule has 1 fully saturated rings. The lowest BCUT2D eigenvalue weighted by molar-refractivity contribution is 0.321. The Labute approximate surface area is 192 Å². The van der Waals surface area contributed by atoms with E-state index in [0.717, 1.165) is 6.07 Å². The van der Waals surface area contributed by atoms with Gasteiger partial charge in [0.15, 0.2) is 11.6 Å². The highest BCUT2D eigenvalue weighted by molar-refractivity contribution is 7.89. The minimum atomic E-state index is -3.82. The summed E-state index contributed by atoms with van der Waals surface area (Å²) in [6.07, 6.45) is 1.69. The zero-order valence-electron chi connectivity index (χ0n) is 18.4. The average Bonchev–Trinajstić information content (AvgIpc) is 2.81. The molecular formula is C22H25FN6O3S. The molecule has 0 spiro atoms. The standard InChI is InChI=1S/C22H25FN6O3S/c1-3-32-19-8-7-17(14-18(19)23)33(30,31)29-12-10-28(11-13-29)22-15-21(25-16(2)26-22)27-20-6-4-5-9-24-20/h4-9,14-15H,3,10-13H2,1-2H3,(H,24,25,26,27). The second-order valence-corrected chi connectivity index (χ2v) is 9.35. The third-order valence-corrected chi connectivity index (χ3v) is 7.04. The summed E-state index contributed by atoms with van der Waals surface area (Å²) in [6.45, 7) is 5.23. The number of pyridine rings is 1. The van der Waals surface area contributed by atoms with Gasteiger partial charge >= 0.3 is 0 Å². The fourth-order valence-electron chi connectivity index (χ4n) is 3.57. The summed E-state index contributed by atoms with van der Waals surface area (Å²) in [7, 11) is -3.82. The van der Waals surface area contributed by atoms with E-state index in [2.05, 4.69) is 20.3 Å². The van der Waals surface area contributed by atoms with Crippen LogP contribution in [0.15, 0.2) is 53.6 Å². The molecule has 1 saturated heterocycles. The topological polar surface area (TPSA) is 101 Å². The van der Waals surface area contributed by atoms with Gasteiger partial charge in [-0.15, -0.1) is 0 Å². The number of piperazine rings is 1. The molecule has 3 aromatic rings. The number of nitrogens with one attached hydrogen (secondary N) is 1. The lowest BCUT2D eigenvalue weighted by atomic mass is 10.3. The minimum Gasteiger partial charge on any atom is -0.491 e. The van der Waals surface area contributed by atoms with Crippen LogP contribution < -0.4 is 15.0 Å². The molecule has 1 aliphatic rings. The van der Waals surface area contributed by atoms with Gasteiger partial charge in [0.05, 0.1) is 11.5 Å². The first-order valence-corrected chi connectivity index (χ1v) is 12.0. The van der Waals surface area contributed by atoms with Crippen LogP contribution in [0.1, 0.15) is 12.7 Å². The van der Waals surface area contributed by atoms with Crippen molar-refractivity contribution < 1.29 is 17.5 Å². The minimum absolute atomic E-state index is 0.0375. The molecule has 0 saturated carbocycles. The molecule has 33 heavy (non-hydrogen) atoms. The van der Waals surface area contributed by atoms with Crippen molar-refractivity contribution >= 4 is 27.5 Å². The van der Waals surface area contributed by atoms with Crippen molar-refractivity contribution in [1.29, 1.82) is 0 Å². The molecule has 9 nitrogen and oxygen atoms in total. The average molecular weight is 473 g/mol.